The van der Waals surface area contributed by atoms with Crippen LogP contribution in [0.4, 0.5) is 4.79 Å². The summed E-state index contributed by atoms with van der Waals surface area (Å²) in [5.74, 6) is -0.406. The molecule has 1 aromatic carbocycles. The lowest BCUT2D eigenvalue weighted by Crippen LogP contribution is -2.44. The molecule has 0 saturated heterocycles. The lowest BCUT2D eigenvalue weighted by molar-refractivity contribution is 0.0602. The second-order valence-corrected chi connectivity index (χ2v) is 5.52. The quantitative estimate of drug-likeness (QED) is 0.755. The van der Waals surface area contributed by atoms with Crippen LogP contribution in [0.25, 0.3) is 10.9 Å². The van der Waals surface area contributed by atoms with Crippen molar-refractivity contribution in [2.24, 2.45) is 0 Å². The number of fused-ring (bicyclic) bond motifs is 1. The lowest BCUT2D eigenvalue weighted by atomic mass is 9.94. The van der Waals surface area contributed by atoms with Crippen molar-refractivity contribution in [1.82, 2.24) is 10.3 Å². The van der Waals surface area contributed by atoms with E-state index in [1.165, 1.54) is 7.11 Å². The number of carboxylic acid groups (broad SMARTS) is 1. The average molecular weight is 290 g/mol. The zero-order chi connectivity index (χ0) is 15.6. The van der Waals surface area contributed by atoms with E-state index in [0.29, 0.717) is 17.5 Å². The first kappa shape index (κ1) is 14.9. The molecule has 1 aromatic heterocycles. The van der Waals surface area contributed by atoms with Crippen molar-refractivity contribution in [2.45, 2.75) is 25.8 Å². The van der Waals surface area contributed by atoms with E-state index in [-0.39, 0.29) is 0 Å². The molecule has 1 heterocycles. The van der Waals surface area contributed by atoms with E-state index in [1.807, 2.05) is 19.9 Å². The van der Waals surface area contributed by atoms with Crippen molar-refractivity contribution in [1.29, 1.82) is 0 Å². The van der Waals surface area contributed by atoms with E-state index in [4.69, 9.17) is 9.84 Å². The Kier molecular flexibility index (Phi) is 3.88. The molecule has 2 rings (SSSR count). The molecule has 0 atom stereocenters. The number of nitrogens with one attached hydrogen (secondary N) is 2. The lowest BCUT2D eigenvalue weighted by Gasteiger charge is -2.24. The van der Waals surface area contributed by atoms with Gasteiger partial charge in [-0.25, -0.2) is 9.59 Å². The molecular formula is C15H18N2O4. The molecule has 3 N–H and O–H groups in total. The number of aromatic amines is 1. The van der Waals surface area contributed by atoms with Gasteiger partial charge in [-0.05, 0) is 31.9 Å². The van der Waals surface area contributed by atoms with Crippen LogP contribution in [0.2, 0.25) is 0 Å². The number of ether oxygens (including phenoxy) is 1. The summed E-state index contributed by atoms with van der Waals surface area (Å²) in [6.07, 6.45) is 1.24. The molecule has 112 valence electrons. The van der Waals surface area contributed by atoms with E-state index in [9.17, 15) is 9.59 Å². The first-order valence-electron chi connectivity index (χ1n) is 6.52. The zero-order valence-corrected chi connectivity index (χ0v) is 12.2. The number of amides is 1. The third kappa shape index (κ3) is 3.16. The van der Waals surface area contributed by atoms with Crippen LogP contribution >= 0.6 is 0 Å². The molecule has 0 aliphatic rings. The van der Waals surface area contributed by atoms with Crippen molar-refractivity contribution < 1.29 is 19.4 Å². The molecule has 21 heavy (non-hydrogen) atoms. The van der Waals surface area contributed by atoms with Gasteiger partial charge in [-0.2, -0.15) is 0 Å². The minimum Gasteiger partial charge on any atom is -0.465 e. The fourth-order valence-corrected chi connectivity index (χ4v) is 2.45. The fraction of sp³-hybridized carbons (Fsp3) is 0.333. The number of carbonyl (C=O) groups is 2. The third-order valence-electron chi connectivity index (χ3n) is 3.28. The molecule has 2 aromatic rings. The summed E-state index contributed by atoms with van der Waals surface area (Å²) in [6.45, 7) is 3.62. The van der Waals surface area contributed by atoms with Gasteiger partial charge in [0.2, 0.25) is 0 Å². The predicted molar refractivity (Wildman–Crippen MR) is 78.6 cm³/mol. The highest BCUT2D eigenvalue weighted by Gasteiger charge is 2.23. The van der Waals surface area contributed by atoms with Gasteiger partial charge >= 0.3 is 12.1 Å². The molecule has 1 amide bonds. The maximum absolute atomic E-state index is 11.7. The van der Waals surface area contributed by atoms with E-state index < -0.39 is 17.6 Å². The molecule has 6 heteroatoms. The SMILES string of the molecule is COC(=O)c1cccc2c(CC(C)(C)NC(=O)O)c[nH]c12. The number of methoxy groups -OCH3 is 1. The van der Waals surface area contributed by atoms with Gasteiger partial charge in [0.05, 0.1) is 18.2 Å². The Labute approximate surface area is 122 Å². The van der Waals surface area contributed by atoms with E-state index in [1.54, 1.807) is 18.3 Å². The van der Waals surface area contributed by atoms with Gasteiger partial charge in [0.1, 0.15) is 0 Å². The number of H-pyrrole nitrogens is 1. The topological polar surface area (TPSA) is 91.4 Å². The Morgan fingerprint density at radius 1 is 1.38 bits per heavy atom. The Morgan fingerprint density at radius 3 is 2.71 bits per heavy atom. The van der Waals surface area contributed by atoms with Crippen LogP contribution in [0, 0.1) is 0 Å². The molecule has 0 saturated carbocycles. The summed E-state index contributed by atoms with van der Waals surface area (Å²) in [5.41, 5.74) is 1.49. The zero-order valence-electron chi connectivity index (χ0n) is 12.2. The first-order chi connectivity index (χ1) is 9.84. The van der Waals surface area contributed by atoms with Crippen molar-refractivity contribution >= 4 is 23.0 Å². The van der Waals surface area contributed by atoms with E-state index in [0.717, 1.165) is 10.9 Å². The second-order valence-electron chi connectivity index (χ2n) is 5.52. The average Bonchev–Trinajstić information content (AvgIpc) is 2.79. The van der Waals surface area contributed by atoms with Crippen LogP contribution in [-0.2, 0) is 11.2 Å². The summed E-state index contributed by atoms with van der Waals surface area (Å²) in [7, 11) is 1.34. The van der Waals surface area contributed by atoms with E-state index >= 15 is 0 Å². The van der Waals surface area contributed by atoms with Crippen molar-refractivity contribution in [3.05, 3.63) is 35.5 Å². The molecule has 0 aliphatic heterocycles. The number of esters is 1. The molecule has 0 unspecified atom stereocenters. The minimum atomic E-state index is -1.06. The summed E-state index contributed by atoms with van der Waals surface area (Å²) in [4.78, 5) is 25.6. The first-order valence-corrected chi connectivity index (χ1v) is 6.52. The maximum Gasteiger partial charge on any atom is 0.405 e. The van der Waals surface area contributed by atoms with Crippen molar-refractivity contribution in [3.63, 3.8) is 0 Å². The molecule has 0 aliphatic carbocycles. The van der Waals surface area contributed by atoms with Gasteiger partial charge in [0.15, 0.2) is 0 Å². The highest BCUT2D eigenvalue weighted by atomic mass is 16.5. The van der Waals surface area contributed by atoms with Crippen molar-refractivity contribution in [3.8, 4) is 0 Å². The Morgan fingerprint density at radius 2 is 2.10 bits per heavy atom. The summed E-state index contributed by atoms with van der Waals surface area (Å²) < 4.78 is 4.76. The second kappa shape index (κ2) is 5.47. The van der Waals surface area contributed by atoms with Gasteiger partial charge in [-0.15, -0.1) is 0 Å². The number of hydrogen-bond donors (Lipinski definition) is 3. The number of carbonyl (C=O) groups excluding carboxylic acids is 1. The molecule has 0 fully saturated rings. The summed E-state index contributed by atoms with van der Waals surface area (Å²) in [6, 6.07) is 5.36. The maximum atomic E-state index is 11.7. The molecular weight excluding hydrogens is 272 g/mol. The Bertz CT molecular complexity index is 688. The number of rotatable bonds is 4. The van der Waals surface area contributed by atoms with Crippen LogP contribution in [-0.4, -0.2) is 34.8 Å². The number of para-hydroxylation sites is 1. The predicted octanol–water partition coefficient (Wildman–Crippen LogP) is 2.54. The molecule has 0 radical (unpaired) electrons. The third-order valence-corrected chi connectivity index (χ3v) is 3.28. The van der Waals surface area contributed by atoms with Gasteiger partial charge < -0.3 is 20.1 Å². The number of aromatic nitrogens is 1. The number of benzene rings is 1. The van der Waals surface area contributed by atoms with Crippen LogP contribution < -0.4 is 5.32 Å². The standard InChI is InChI=1S/C15H18N2O4/c1-15(2,17-14(19)20)7-9-8-16-12-10(9)5-4-6-11(12)13(18)21-3/h4-6,8,16-17H,7H2,1-3H3,(H,19,20). The highest BCUT2D eigenvalue weighted by molar-refractivity contribution is 6.03. The molecule has 6 nitrogen and oxygen atoms in total. The Hall–Kier alpha value is -2.50. The normalized spacial score (nSPS) is 11.4. The van der Waals surface area contributed by atoms with Crippen LogP contribution in [0.1, 0.15) is 29.8 Å². The van der Waals surface area contributed by atoms with Crippen LogP contribution in [0.3, 0.4) is 0 Å². The largest absolute Gasteiger partial charge is 0.465 e. The molecule has 0 bridgehead atoms. The van der Waals surface area contributed by atoms with E-state index in [2.05, 4.69) is 10.3 Å². The summed E-state index contributed by atoms with van der Waals surface area (Å²) in [5, 5.41) is 12.2. The monoisotopic (exact) mass is 290 g/mol. The number of hydrogen-bond acceptors (Lipinski definition) is 3. The van der Waals surface area contributed by atoms with Gasteiger partial charge in [-0.3, -0.25) is 0 Å². The Balaban J connectivity index is 2.39. The van der Waals surface area contributed by atoms with Gasteiger partial charge in [0, 0.05) is 17.1 Å². The molecule has 0 spiro atoms. The highest BCUT2D eigenvalue weighted by Crippen LogP contribution is 2.25. The minimum absolute atomic E-state index is 0.406. The van der Waals surface area contributed by atoms with Gasteiger partial charge in [0.25, 0.3) is 0 Å². The van der Waals surface area contributed by atoms with Crippen LogP contribution in [0.15, 0.2) is 24.4 Å². The van der Waals surface area contributed by atoms with Crippen LogP contribution in [0.5, 0.6) is 0 Å². The summed E-state index contributed by atoms with van der Waals surface area (Å²) >= 11 is 0. The van der Waals surface area contributed by atoms with Gasteiger partial charge in [-0.1, -0.05) is 12.1 Å². The van der Waals surface area contributed by atoms with Crippen molar-refractivity contribution in [2.75, 3.05) is 7.11 Å². The fourth-order valence-electron chi connectivity index (χ4n) is 2.45. The smallest absolute Gasteiger partial charge is 0.405 e.